The molecule has 0 fully saturated rings. The maximum Gasteiger partial charge on any atom is 0.280 e. The van der Waals surface area contributed by atoms with E-state index in [0.29, 0.717) is 17.5 Å². The molecule has 28 heavy (non-hydrogen) atoms. The number of pyridine rings is 1. The molecule has 3 aromatic rings. The molecule has 0 radical (unpaired) electrons. The summed E-state index contributed by atoms with van der Waals surface area (Å²) in [5, 5.41) is 0.727. The second-order valence-electron chi connectivity index (χ2n) is 6.02. The smallest absolute Gasteiger partial charge is 0.280 e. The van der Waals surface area contributed by atoms with Crippen molar-refractivity contribution in [3.8, 4) is 11.3 Å². The first-order valence-electron chi connectivity index (χ1n) is 8.08. The van der Waals surface area contributed by atoms with Crippen LogP contribution in [0.25, 0.3) is 22.2 Å². The fourth-order valence-corrected chi connectivity index (χ4v) is 2.45. The van der Waals surface area contributed by atoms with Crippen molar-refractivity contribution in [2.45, 2.75) is 6.92 Å². The minimum atomic E-state index is -3.67. The third-order valence-electron chi connectivity index (χ3n) is 3.50. The molecule has 8 nitrogen and oxygen atoms in total. The summed E-state index contributed by atoms with van der Waals surface area (Å²) < 4.78 is 25.9. The molecular weight excluding hydrogens is 380 g/mol. The van der Waals surface area contributed by atoms with Gasteiger partial charge in [-0.25, -0.2) is 4.98 Å². The average Bonchev–Trinajstić information content (AvgIpc) is 2.59. The van der Waals surface area contributed by atoms with Crippen LogP contribution in [-0.4, -0.2) is 36.1 Å². The monoisotopic (exact) mass is 400 g/mol. The van der Waals surface area contributed by atoms with E-state index < -0.39 is 16.0 Å². The number of hydrogen-bond acceptors (Lipinski definition) is 4. The molecule has 0 saturated heterocycles. The first-order chi connectivity index (χ1) is 13.0. The molecule has 9 heteroatoms. The van der Waals surface area contributed by atoms with Crippen LogP contribution in [-0.2, 0) is 10.1 Å². The Morgan fingerprint density at radius 2 is 1.68 bits per heavy atom. The number of hydrogen-bond donors (Lipinski definition) is 3. The lowest BCUT2D eigenvalue weighted by molar-refractivity contribution is 0.100. The number of aryl methyl sites for hydroxylation is 1. The Morgan fingerprint density at radius 1 is 1.07 bits per heavy atom. The summed E-state index contributed by atoms with van der Waals surface area (Å²) in [5.74, 6) is -0.730. The van der Waals surface area contributed by atoms with Crippen LogP contribution < -0.4 is 11.5 Å². The van der Waals surface area contributed by atoms with Crippen molar-refractivity contribution in [2.75, 3.05) is 6.26 Å². The van der Waals surface area contributed by atoms with E-state index in [1.807, 2.05) is 55.5 Å². The van der Waals surface area contributed by atoms with Gasteiger partial charge in [0.25, 0.3) is 16.0 Å². The topological polar surface area (TPSA) is 149 Å². The Morgan fingerprint density at radius 3 is 2.25 bits per heavy atom. The van der Waals surface area contributed by atoms with Crippen molar-refractivity contribution >= 4 is 32.9 Å². The molecule has 1 amide bonds. The number of rotatable bonds is 2. The van der Waals surface area contributed by atoms with Crippen LogP contribution in [0.3, 0.4) is 0 Å². The van der Waals surface area contributed by atoms with E-state index in [0.717, 1.165) is 22.0 Å². The van der Waals surface area contributed by atoms with Crippen LogP contribution in [0, 0.1) is 6.92 Å². The van der Waals surface area contributed by atoms with Gasteiger partial charge >= 0.3 is 0 Å². The number of carbonyl (C=O) groups excluding carboxylic acids is 1. The van der Waals surface area contributed by atoms with Gasteiger partial charge in [0.05, 0.1) is 23.0 Å². The van der Waals surface area contributed by atoms with Gasteiger partial charge in [-0.15, -0.1) is 0 Å². The molecular formula is C19H20N4O4S. The predicted molar refractivity (Wildman–Crippen MR) is 110 cm³/mol. The zero-order chi connectivity index (χ0) is 20.9. The molecule has 5 N–H and O–H groups in total. The molecule has 1 aromatic heterocycles. The number of fused-ring (bicyclic) bond motifs is 1. The maximum absolute atomic E-state index is 12.4. The second kappa shape index (κ2) is 8.59. The fraction of sp³-hybridized carbons (Fsp3) is 0.105. The Hall–Kier alpha value is -3.30. The minimum absolute atomic E-state index is 0.256. The Balaban J connectivity index is 0.000000500. The normalized spacial score (nSPS) is 10.7. The van der Waals surface area contributed by atoms with Crippen LogP contribution in [0.5, 0.6) is 0 Å². The fourth-order valence-electron chi connectivity index (χ4n) is 2.45. The SMILES string of the molecule is CS(=O)(=O)O.Cc1ccc2c(C(=O)N=C(N)N)cc(-c3ccccc3)nc2c1. The van der Waals surface area contributed by atoms with Crippen LogP contribution >= 0.6 is 0 Å². The lowest BCUT2D eigenvalue weighted by Crippen LogP contribution is -2.24. The van der Waals surface area contributed by atoms with Gasteiger partial charge in [-0.2, -0.15) is 13.4 Å². The number of benzene rings is 2. The van der Waals surface area contributed by atoms with Gasteiger partial charge in [0.2, 0.25) is 0 Å². The number of guanidine groups is 1. The average molecular weight is 400 g/mol. The van der Waals surface area contributed by atoms with Crippen LogP contribution in [0.1, 0.15) is 15.9 Å². The maximum atomic E-state index is 12.4. The molecule has 0 aliphatic carbocycles. The number of nitrogens with two attached hydrogens (primary N) is 2. The van der Waals surface area contributed by atoms with Gasteiger partial charge in [0.1, 0.15) is 0 Å². The van der Waals surface area contributed by atoms with Crippen LogP contribution in [0.15, 0.2) is 59.6 Å². The van der Waals surface area contributed by atoms with Gasteiger partial charge in [-0.05, 0) is 24.6 Å². The highest BCUT2D eigenvalue weighted by atomic mass is 32.2. The second-order valence-corrected chi connectivity index (χ2v) is 7.48. The van der Waals surface area contributed by atoms with Crippen molar-refractivity contribution in [1.29, 1.82) is 0 Å². The summed E-state index contributed by atoms with van der Waals surface area (Å²) in [6, 6.07) is 17.1. The highest BCUT2D eigenvalue weighted by molar-refractivity contribution is 7.85. The summed E-state index contributed by atoms with van der Waals surface area (Å²) >= 11 is 0. The lowest BCUT2D eigenvalue weighted by Gasteiger charge is -2.08. The molecule has 0 aliphatic rings. The summed E-state index contributed by atoms with van der Waals surface area (Å²) in [6.07, 6.45) is 0.715. The van der Waals surface area contributed by atoms with E-state index in [2.05, 4.69) is 9.98 Å². The van der Waals surface area contributed by atoms with E-state index in [4.69, 9.17) is 16.0 Å². The van der Waals surface area contributed by atoms with E-state index in [1.165, 1.54) is 0 Å². The van der Waals surface area contributed by atoms with Crippen molar-refractivity contribution in [3.63, 3.8) is 0 Å². The first-order valence-corrected chi connectivity index (χ1v) is 9.92. The molecule has 0 unspecified atom stereocenters. The zero-order valence-electron chi connectivity index (χ0n) is 15.3. The number of aromatic nitrogens is 1. The Kier molecular flexibility index (Phi) is 6.45. The van der Waals surface area contributed by atoms with Crippen molar-refractivity contribution in [1.82, 2.24) is 4.98 Å². The highest BCUT2D eigenvalue weighted by Crippen LogP contribution is 2.26. The summed E-state index contributed by atoms with van der Waals surface area (Å²) in [6.45, 7) is 1.98. The van der Waals surface area contributed by atoms with E-state index in [9.17, 15) is 13.2 Å². The molecule has 0 spiro atoms. The van der Waals surface area contributed by atoms with Gasteiger partial charge in [-0.1, -0.05) is 42.5 Å². The van der Waals surface area contributed by atoms with E-state index in [1.54, 1.807) is 6.07 Å². The Bertz CT molecular complexity index is 1130. The third-order valence-corrected chi connectivity index (χ3v) is 3.50. The third kappa shape index (κ3) is 6.15. The summed E-state index contributed by atoms with van der Waals surface area (Å²) in [5.41, 5.74) is 14.5. The summed E-state index contributed by atoms with van der Waals surface area (Å²) in [7, 11) is -3.67. The molecule has 0 atom stereocenters. The number of aliphatic imine (C=N–C) groups is 1. The zero-order valence-corrected chi connectivity index (χ0v) is 16.1. The largest absolute Gasteiger partial charge is 0.370 e. The summed E-state index contributed by atoms with van der Waals surface area (Å²) in [4.78, 5) is 20.7. The van der Waals surface area contributed by atoms with Crippen molar-refractivity contribution in [3.05, 3.63) is 65.7 Å². The molecule has 1 heterocycles. The molecule has 3 rings (SSSR count). The van der Waals surface area contributed by atoms with Crippen LogP contribution in [0.4, 0.5) is 0 Å². The van der Waals surface area contributed by atoms with Gasteiger partial charge in [-0.3, -0.25) is 9.35 Å². The van der Waals surface area contributed by atoms with E-state index in [-0.39, 0.29) is 5.96 Å². The van der Waals surface area contributed by atoms with E-state index >= 15 is 0 Å². The Labute approximate surface area is 162 Å². The minimum Gasteiger partial charge on any atom is -0.370 e. The molecule has 0 saturated carbocycles. The van der Waals surface area contributed by atoms with Crippen molar-refractivity contribution < 1.29 is 17.8 Å². The quantitative estimate of drug-likeness (QED) is 0.339. The molecule has 0 bridgehead atoms. The molecule has 146 valence electrons. The lowest BCUT2D eigenvalue weighted by atomic mass is 10.0. The number of amides is 1. The van der Waals surface area contributed by atoms with Crippen LogP contribution in [0.2, 0.25) is 0 Å². The standard InChI is InChI=1S/C18H16N4O.CH4O3S/c1-11-7-8-13-14(17(23)22-18(19)20)10-15(21-16(13)9-11)12-5-3-2-4-6-12;1-5(2,3)4/h2-10H,1H3,(H4,19,20,22,23);1H3,(H,2,3,4). The van der Waals surface area contributed by atoms with Crippen molar-refractivity contribution in [2.24, 2.45) is 16.5 Å². The first kappa shape index (κ1) is 21.0. The van der Waals surface area contributed by atoms with Gasteiger partial charge in [0, 0.05) is 10.9 Å². The number of carbonyl (C=O) groups is 1. The van der Waals surface area contributed by atoms with Gasteiger partial charge in [0.15, 0.2) is 5.96 Å². The number of nitrogens with zero attached hydrogens (tertiary/aromatic N) is 2. The molecule has 2 aromatic carbocycles. The highest BCUT2D eigenvalue weighted by Gasteiger charge is 2.14. The predicted octanol–water partition coefficient (Wildman–Crippen LogP) is 2.13. The van der Waals surface area contributed by atoms with Gasteiger partial charge < -0.3 is 11.5 Å². The molecule has 0 aliphatic heterocycles.